The minimum Gasteiger partial charge on any atom is -0.504 e. The van der Waals surface area contributed by atoms with Gasteiger partial charge in [-0.15, -0.1) is 0 Å². The molecule has 3 nitrogen and oxygen atoms in total. The van der Waals surface area contributed by atoms with Crippen molar-refractivity contribution in [2.45, 2.75) is 37.0 Å². The molecule has 1 aromatic carbocycles. The lowest BCUT2D eigenvalue weighted by atomic mass is 9.68. The minimum atomic E-state index is -2.59. The molecular formula is C14H19F2NO2. The second-order valence-electron chi connectivity index (χ2n) is 5.23. The van der Waals surface area contributed by atoms with Crippen LogP contribution >= 0.6 is 0 Å². The molecule has 0 aromatic heterocycles. The Morgan fingerprint density at radius 1 is 1.26 bits per heavy atom. The van der Waals surface area contributed by atoms with E-state index < -0.39 is 11.3 Å². The molecule has 0 unspecified atom stereocenters. The zero-order chi connectivity index (χ0) is 14.1. The number of halogens is 2. The van der Waals surface area contributed by atoms with Gasteiger partial charge in [0, 0.05) is 24.8 Å². The summed E-state index contributed by atoms with van der Waals surface area (Å²) >= 11 is 0. The summed E-state index contributed by atoms with van der Waals surface area (Å²) in [6, 6.07) is 5.03. The molecule has 3 N–H and O–H groups in total. The van der Waals surface area contributed by atoms with Crippen molar-refractivity contribution in [1.29, 1.82) is 0 Å². The van der Waals surface area contributed by atoms with Gasteiger partial charge in [0.1, 0.15) is 0 Å². The first kappa shape index (κ1) is 14.1. The molecule has 0 aliphatic heterocycles. The van der Waals surface area contributed by atoms with Crippen LogP contribution in [0.3, 0.4) is 0 Å². The van der Waals surface area contributed by atoms with Gasteiger partial charge in [0.05, 0.1) is 7.11 Å². The van der Waals surface area contributed by atoms with Crippen molar-refractivity contribution in [1.82, 2.24) is 0 Å². The SMILES string of the molecule is COc1ccc(C2(CN)CCC(F)(F)CC2)cc1O. The highest BCUT2D eigenvalue weighted by atomic mass is 19.3. The minimum absolute atomic E-state index is 0.0187. The molecule has 1 aromatic rings. The highest BCUT2D eigenvalue weighted by molar-refractivity contribution is 5.44. The third-order valence-corrected chi connectivity index (χ3v) is 4.12. The maximum absolute atomic E-state index is 13.3. The van der Waals surface area contributed by atoms with Crippen molar-refractivity contribution < 1.29 is 18.6 Å². The van der Waals surface area contributed by atoms with Gasteiger partial charge in [0.25, 0.3) is 0 Å². The summed E-state index contributed by atoms with van der Waals surface area (Å²) in [6.45, 7) is 0.300. The van der Waals surface area contributed by atoms with E-state index in [1.54, 1.807) is 18.2 Å². The fourth-order valence-corrected chi connectivity index (χ4v) is 2.72. The van der Waals surface area contributed by atoms with Gasteiger partial charge in [0.15, 0.2) is 11.5 Å². The van der Waals surface area contributed by atoms with Crippen molar-refractivity contribution in [2.75, 3.05) is 13.7 Å². The summed E-state index contributed by atoms with van der Waals surface area (Å²) in [6.07, 6.45) is 0.360. The predicted octanol–water partition coefficient (Wildman–Crippen LogP) is 2.81. The van der Waals surface area contributed by atoms with E-state index in [0.717, 1.165) is 5.56 Å². The van der Waals surface area contributed by atoms with Crippen LogP contribution in [0, 0.1) is 0 Å². The van der Waals surface area contributed by atoms with E-state index in [2.05, 4.69) is 0 Å². The first-order valence-electron chi connectivity index (χ1n) is 6.38. The van der Waals surface area contributed by atoms with Crippen molar-refractivity contribution in [3.05, 3.63) is 23.8 Å². The Balaban J connectivity index is 2.30. The molecule has 5 heteroatoms. The Labute approximate surface area is 111 Å². The van der Waals surface area contributed by atoms with Gasteiger partial charge < -0.3 is 15.6 Å². The van der Waals surface area contributed by atoms with Gasteiger partial charge >= 0.3 is 0 Å². The van der Waals surface area contributed by atoms with Gasteiger partial charge in [-0.3, -0.25) is 0 Å². The first-order valence-corrected chi connectivity index (χ1v) is 6.38. The molecule has 0 spiro atoms. The van der Waals surface area contributed by atoms with Crippen molar-refractivity contribution in [3.63, 3.8) is 0 Å². The van der Waals surface area contributed by atoms with Gasteiger partial charge in [-0.25, -0.2) is 8.78 Å². The maximum Gasteiger partial charge on any atom is 0.248 e. The average molecular weight is 271 g/mol. The van der Waals surface area contributed by atoms with Crippen LogP contribution in [0.4, 0.5) is 8.78 Å². The quantitative estimate of drug-likeness (QED) is 0.888. The summed E-state index contributed by atoms with van der Waals surface area (Å²) in [4.78, 5) is 0. The van der Waals surface area contributed by atoms with Gasteiger partial charge in [0.2, 0.25) is 5.92 Å². The summed E-state index contributed by atoms with van der Waals surface area (Å²) in [7, 11) is 1.47. The molecule has 19 heavy (non-hydrogen) atoms. The zero-order valence-corrected chi connectivity index (χ0v) is 11.0. The second kappa shape index (κ2) is 4.96. The molecule has 106 valence electrons. The molecule has 1 aliphatic rings. The summed E-state index contributed by atoms with van der Waals surface area (Å²) in [5, 5.41) is 9.82. The number of methoxy groups -OCH3 is 1. The Morgan fingerprint density at radius 3 is 2.37 bits per heavy atom. The van der Waals surface area contributed by atoms with Crippen LogP contribution in [0.1, 0.15) is 31.2 Å². The number of hydrogen-bond acceptors (Lipinski definition) is 3. The van der Waals surface area contributed by atoms with Gasteiger partial charge in [-0.2, -0.15) is 0 Å². The second-order valence-corrected chi connectivity index (χ2v) is 5.23. The number of nitrogens with two attached hydrogens (primary N) is 1. The molecular weight excluding hydrogens is 252 g/mol. The Bertz CT molecular complexity index is 453. The number of phenols is 1. The van der Waals surface area contributed by atoms with E-state index in [9.17, 15) is 13.9 Å². The number of ether oxygens (including phenoxy) is 1. The van der Waals surface area contributed by atoms with Crippen LogP contribution in [-0.2, 0) is 5.41 Å². The van der Waals surface area contributed by atoms with Crippen LogP contribution in [0.2, 0.25) is 0 Å². The molecule has 1 saturated carbocycles. The van der Waals surface area contributed by atoms with Crippen LogP contribution in [0.15, 0.2) is 18.2 Å². The van der Waals surface area contributed by atoms with Crippen LogP contribution in [-0.4, -0.2) is 24.7 Å². The highest BCUT2D eigenvalue weighted by Crippen LogP contribution is 2.46. The number of hydrogen-bond donors (Lipinski definition) is 2. The topological polar surface area (TPSA) is 55.5 Å². The van der Waals surface area contributed by atoms with Gasteiger partial charge in [-0.1, -0.05) is 6.07 Å². The molecule has 2 rings (SSSR count). The summed E-state index contributed by atoms with van der Waals surface area (Å²) < 4.78 is 31.6. The Kier molecular flexibility index (Phi) is 3.67. The molecule has 0 atom stereocenters. The third-order valence-electron chi connectivity index (χ3n) is 4.12. The molecule has 0 amide bonds. The molecule has 0 saturated heterocycles. The van der Waals surface area contributed by atoms with Crippen LogP contribution in [0.5, 0.6) is 11.5 Å². The van der Waals surface area contributed by atoms with Crippen molar-refractivity contribution in [2.24, 2.45) is 5.73 Å². The predicted molar refractivity (Wildman–Crippen MR) is 68.8 cm³/mol. The molecule has 1 fully saturated rings. The normalized spacial score (nSPS) is 21.1. The summed E-state index contributed by atoms with van der Waals surface area (Å²) in [5.41, 5.74) is 6.16. The van der Waals surface area contributed by atoms with E-state index in [0.29, 0.717) is 25.1 Å². The number of phenolic OH excluding ortho intramolecular Hbond substituents is 1. The maximum atomic E-state index is 13.3. The van der Waals surface area contributed by atoms with Crippen LogP contribution in [0.25, 0.3) is 0 Å². The van der Waals surface area contributed by atoms with E-state index in [-0.39, 0.29) is 18.6 Å². The zero-order valence-electron chi connectivity index (χ0n) is 11.0. The standard InChI is InChI=1S/C14H19F2NO2/c1-19-12-3-2-10(8-11(12)18)13(9-17)4-6-14(15,16)7-5-13/h2-3,8,18H,4-7,9,17H2,1H3. The number of benzene rings is 1. The first-order chi connectivity index (χ1) is 8.92. The number of alkyl halides is 2. The third kappa shape index (κ3) is 2.66. The lowest BCUT2D eigenvalue weighted by molar-refractivity contribution is -0.0509. The van der Waals surface area contributed by atoms with E-state index in [1.807, 2.05) is 0 Å². The van der Waals surface area contributed by atoms with Gasteiger partial charge in [-0.05, 0) is 30.5 Å². The molecule has 0 heterocycles. The lowest BCUT2D eigenvalue weighted by Crippen LogP contribution is -2.42. The van der Waals surface area contributed by atoms with Crippen molar-refractivity contribution >= 4 is 0 Å². The molecule has 1 aliphatic carbocycles. The number of aromatic hydroxyl groups is 1. The van der Waals surface area contributed by atoms with Crippen molar-refractivity contribution in [3.8, 4) is 11.5 Å². The molecule has 0 bridgehead atoms. The highest BCUT2D eigenvalue weighted by Gasteiger charge is 2.43. The smallest absolute Gasteiger partial charge is 0.248 e. The fourth-order valence-electron chi connectivity index (χ4n) is 2.72. The van der Waals surface area contributed by atoms with Crippen LogP contribution < -0.4 is 10.5 Å². The van der Waals surface area contributed by atoms with E-state index in [4.69, 9.17) is 10.5 Å². The lowest BCUT2D eigenvalue weighted by Gasteiger charge is -2.39. The van der Waals surface area contributed by atoms with E-state index in [1.165, 1.54) is 7.11 Å². The Hall–Kier alpha value is -1.36. The Morgan fingerprint density at radius 2 is 1.89 bits per heavy atom. The monoisotopic (exact) mass is 271 g/mol. The average Bonchev–Trinajstić information content (AvgIpc) is 2.39. The largest absolute Gasteiger partial charge is 0.504 e. The van der Waals surface area contributed by atoms with E-state index >= 15 is 0 Å². The number of rotatable bonds is 3. The molecule has 0 radical (unpaired) electrons. The fraction of sp³-hybridized carbons (Fsp3) is 0.571. The summed E-state index contributed by atoms with van der Waals surface area (Å²) in [5.74, 6) is -2.20.